The molecule has 1 aromatic rings. The third-order valence-electron chi connectivity index (χ3n) is 1.67. The quantitative estimate of drug-likeness (QED) is 0.780. The van der Waals surface area contributed by atoms with Crippen molar-refractivity contribution < 1.29 is 0 Å². The Hall–Kier alpha value is -0.800. The summed E-state index contributed by atoms with van der Waals surface area (Å²) in [5, 5.41) is 3.80. The van der Waals surface area contributed by atoms with Gasteiger partial charge in [0.1, 0.15) is 5.82 Å². The number of nitrogens with two attached hydrogens (primary N) is 1. The molecule has 0 spiro atoms. The lowest BCUT2D eigenvalue weighted by atomic mass is 10.3. The van der Waals surface area contributed by atoms with E-state index in [1.54, 1.807) is 0 Å². The smallest absolute Gasteiger partial charge is 0.126 e. The SMILES string of the molecule is CCCNc1ccc(Cl)c(CN)n1. The largest absolute Gasteiger partial charge is 0.370 e. The lowest BCUT2D eigenvalue weighted by Gasteiger charge is -2.06. The molecule has 0 radical (unpaired) electrons. The predicted octanol–water partition coefficient (Wildman–Crippen LogP) is 2.02. The lowest BCUT2D eigenvalue weighted by Crippen LogP contribution is -2.06. The van der Waals surface area contributed by atoms with Gasteiger partial charge in [0.2, 0.25) is 0 Å². The summed E-state index contributed by atoms with van der Waals surface area (Å²) in [5.74, 6) is 0.840. The van der Waals surface area contributed by atoms with Crippen LogP contribution in [-0.4, -0.2) is 11.5 Å². The molecule has 0 fully saturated rings. The first-order chi connectivity index (χ1) is 6.27. The number of nitrogens with zero attached hydrogens (tertiary/aromatic N) is 1. The molecule has 0 aliphatic carbocycles. The number of aromatic nitrogens is 1. The third-order valence-corrected chi connectivity index (χ3v) is 2.01. The molecular formula is C9H14ClN3. The molecule has 0 aliphatic heterocycles. The summed E-state index contributed by atoms with van der Waals surface area (Å²) >= 11 is 5.86. The number of hydrogen-bond acceptors (Lipinski definition) is 3. The van der Waals surface area contributed by atoms with Crippen LogP contribution in [0.15, 0.2) is 12.1 Å². The van der Waals surface area contributed by atoms with Gasteiger partial charge in [-0.25, -0.2) is 4.98 Å². The number of hydrogen-bond donors (Lipinski definition) is 2. The Balaban J connectivity index is 2.74. The summed E-state index contributed by atoms with van der Waals surface area (Å²) in [6.07, 6.45) is 1.07. The maximum atomic E-state index is 5.86. The summed E-state index contributed by atoms with van der Waals surface area (Å²) in [6, 6.07) is 3.67. The van der Waals surface area contributed by atoms with Gasteiger partial charge >= 0.3 is 0 Å². The van der Waals surface area contributed by atoms with Gasteiger partial charge in [0.15, 0.2) is 0 Å². The Morgan fingerprint density at radius 2 is 2.31 bits per heavy atom. The molecule has 1 rings (SSSR count). The van der Waals surface area contributed by atoms with Crippen LogP contribution in [0.5, 0.6) is 0 Å². The second kappa shape index (κ2) is 5.04. The van der Waals surface area contributed by atoms with E-state index < -0.39 is 0 Å². The summed E-state index contributed by atoms with van der Waals surface area (Å²) in [5.41, 5.74) is 6.21. The third kappa shape index (κ3) is 2.86. The summed E-state index contributed by atoms with van der Waals surface area (Å²) in [4.78, 5) is 4.26. The maximum absolute atomic E-state index is 5.86. The highest BCUT2D eigenvalue weighted by Gasteiger charge is 2.00. The maximum Gasteiger partial charge on any atom is 0.126 e. The van der Waals surface area contributed by atoms with Crippen molar-refractivity contribution in [1.29, 1.82) is 0 Å². The lowest BCUT2D eigenvalue weighted by molar-refractivity contribution is 0.946. The van der Waals surface area contributed by atoms with E-state index in [2.05, 4.69) is 17.2 Å². The van der Waals surface area contributed by atoms with Crippen LogP contribution in [0.2, 0.25) is 5.02 Å². The molecule has 0 saturated heterocycles. The first kappa shape index (κ1) is 10.3. The predicted molar refractivity (Wildman–Crippen MR) is 55.9 cm³/mol. The van der Waals surface area contributed by atoms with Crippen molar-refractivity contribution >= 4 is 17.4 Å². The van der Waals surface area contributed by atoms with Crippen LogP contribution in [0, 0.1) is 0 Å². The minimum absolute atomic E-state index is 0.375. The Labute approximate surface area is 83.3 Å². The van der Waals surface area contributed by atoms with Gasteiger partial charge in [0.25, 0.3) is 0 Å². The van der Waals surface area contributed by atoms with Crippen molar-refractivity contribution in [2.75, 3.05) is 11.9 Å². The van der Waals surface area contributed by atoms with Crippen molar-refractivity contribution in [2.45, 2.75) is 19.9 Å². The van der Waals surface area contributed by atoms with Crippen LogP contribution in [0.3, 0.4) is 0 Å². The topological polar surface area (TPSA) is 50.9 Å². The molecule has 13 heavy (non-hydrogen) atoms. The molecule has 0 unspecified atom stereocenters. The first-order valence-electron chi connectivity index (χ1n) is 4.37. The molecule has 4 heteroatoms. The Morgan fingerprint density at radius 3 is 2.92 bits per heavy atom. The average Bonchev–Trinajstić information content (AvgIpc) is 2.16. The van der Waals surface area contributed by atoms with Gasteiger partial charge in [-0.1, -0.05) is 18.5 Å². The van der Waals surface area contributed by atoms with Gasteiger partial charge < -0.3 is 11.1 Å². The normalized spacial score (nSPS) is 10.1. The summed E-state index contributed by atoms with van der Waals surface area (Å²) < 4.78 is 0. The van der Waals surface area contributed by atoms with Gasteiger partial charge in [-0.2, -0.15) is 0 Å². The van der Waals surface area contributed by atoms with E-state index in [1.165, 1.54) is 0 Å². The minimum Gasteiger partial charge on any atom is -0.370 e. The van der Waals surface area contributed by atoms with E-state index in [1.807, 2.05) is 12.1 Å². The summed E-state index contributed by atoms with van der Waals surface area (Å²) in [7, 11) is 0. The molecule has 72 valence electrons. The molecule has 0 aromatic carbocycles. The van der Waals surface area contributed by atoms with Crippen molar-refractivity contribution in [3.05, 3.63) is 22.8 Å². The Bertz CT molecular complexity index is 276. The zero-order valence-electron chi connectivity index (χ0n) is 7.68. The molecule has 0 amide bonds. The number of halogens is 1. The molecule has 1 heterocycles. The molecule has 0 saturated carbocycles. The fourth-order valence-corrected chi connectivity index (χ4v) is 1.16. The van der Waals surface area contributed by atoms with Crippen molar-refractivity contribution in [3.63, 3.8) is 0 Å². The molecular weight excluding hydrogens is 186 g/mol. The summed E-state index contributed by atoms with van der Waals surface area (Å²) in [6.45, 7) is 3.39. The van der Waals surface area contributed by atoms with E-state index in [4.69, 9.17) is 17.3 Å². The van der Waals surface area contributed by atoms with Crippen LogP contribution >= 0.6 is 11.6 Å². The fraction of sp³-hybridized carbons (Fsp3) is 0.444. The van der Waals surface area contributed by atoms with Crippen LogP contribution in [-0.2, 0) is 6.54 Å². The number of nitrogens with one attached hydrogen (secondary N) is 1. The highest BCUT2D eigenvalue weighted by atomic mass is 35.5. The van der Waals surface area contributed by atoms with Crippen molar-refractivity contribution in [2.24, 2.45) is 5.73 Å². The van der Waals surface area contributed by atoms with Crippen LogP contribution < -0.4 is 11.1 Å². The van der Waals surface area contributed by atoms with Crippen molar-refractivity contribution in [1.82, 2.24) is 4.98 Å². The van der Waals surface area contributed by atoms with Gasteiger partial charge in [-0.05, 0) is 18.6 Å². The highest BCUT2D eigenvalue weighted by molar-refractivity contribution is 6.31. The van der Waals surface area contributed by atoms with Crippen LogP contribution in [0.1, 0.15) is 19.0 Å². The number of rotatable bonds is 4. The van der Waals surface area contributed by atoms with E-state index in [0.29, 0.717) is 11.6 Å². The molecule has 1 aromatic heterocycles. The van der Waals surface area contributed by atoms with Crippen LogP contribution in [0.25, 0.3) is 0 Å². The van der Waals surface area contributed by atoms with Gasteiger partial charge in [0.05, 0.1) is 10.7 Å². The van der Waals surface area contributed by atoms with E-state index in [0.717, 1.165) is 24.5 Å². The Kier molecular flexibility index (Phi) is 3.99. The minimum atomic E-state index is 0.375. The molecule has 0 atom stereocenters. The van der Waals surface area contributed by atoms with Crippen LogP contribution in [0.4, 0.5) is 5.82 Å². The molecule has 3 N–H and O–H groups in total. The molecule has 0 aliphatic rings. The number of pyridine rings is 1. The second-order valence-electron chi connectivity index (χ2n) is 2.76. The zero-order valence-corrected chi connectivity index (χ0v) is 8.43. The van der Waals surface area contributed by atoms with E-state index in [9.17, 15) is 0 Å². The standard InChI is InChI=1S/C9H14ClN3/c1-2-5-12-9-4-3-7(10)8(6-11)13-9/h3-4H,2,5-6,11H2,1H3,(H,12,13). The number of anilines is 1. The van der Waals surface area contributed by atoms with E-state index in [-0.39, 0.29) is 0 Å². The van der Waals surface area contributed by atoms with Crippen molar-refractivity contribution in [3.8, 4) is 0 Å². The fourth-order valence-electron chi connectivity index (χ4n) is 0.979. The monoisotopic (exact) mass is 199 g/mol. The molecule has 0 bridgehead atoms. The highest BCUT2D eigenvalue weighted by Crippen LogP contribution is 2.15. The average molecular weight is 200 g/mol. The van der Waals surface area contributed by atoms with Gasteiger partial charge in [-0.3, -0.25) is 0 Å². The van der Waals surface area contributed by atoms with Gasteiger partial charge in [-0.15, -0.1) is 0 Å². The Morgan fingerprint density at radius 1 is 1.54 bits per heavy atom. The zero-order chi connectivity index (χ0) is 9.68. The van der Waals surface area contributed by atoms with Gasteiger partial charge in [0, 0.05) is 13.1 Å². The second-order valence-corrected chi connectivity index (χ2v) is 3.16. The van der Waals surface area contributed by atoms with E-state index >= 15 is 0 Å². The molecule has 3 nitrogen and oxygen atoms in total. The first-order valence-corrected chi connectivity index (χ1v) is 4.75.